The molecule has 4 nitrogen and oxygen atoms in total. The molecule has 3 aromatic carbocycles. The summed E-state index contributed by atoms with van der Waals surface area (Å²) in [7, 11) is 0. The number of hydrogen-bond acceptors (Lipinski definition) is 4. The van der Waals surface area contributed by atoms with Crippen LogP contribution in [0.15, 0.2) is 84.9 Å². The van der Waals surface area contributed by atoms with E-state index < -0.39 is 17.7 Å². The van der Waals surface area contributed by atoms with Gasteiger partial charge in [-0.3, -0.25) is 4.79 Å². The Bertz CT molecular complexity index is 1010. The van der Waals surface area contributed by atoms with Crippen LogP contribution in [-0.4, -0.2) is 5.97 Å². The molecule has 0 spiro atoms. The molecule has 0 amide bonds. The Morgan fingerprint density at radius 2 is 1.50 bits per heavy atom. The van der Waals surface area contributed by atoms with Crippen molar-refractivity contribution in [3.63, 3.8) is 0 Å². The monoisotopic (exact) mass is 419 g/mol. The summed E-state index contributed by atoms with van der Waals surface area (Å²) in [6.07, 6.45) is 0. The number of carbonyl (C=O) groups excluding carboxylic acids is 1. The molecule has 0 N–H and O–H groups in total. The average Bonchev–Trinajstić information content (AvgIpc) is 2.76. The van der Waals surface area contributed by atoms with Crippen LogP contribution in [0, 0.1) is 17.2 Å². The summed E-state index contributed by atoms with van der Waals surface area (Å²) >= 11 is 6.00. The highest BCUT2D eigenvalue weighted by atomic mass is 35.5. The number of para-hydroxylation sites is 1. The van der Waals surface area contributed by atoms with Gasteiger partial charge in [-0.15, -0.1) is 0 Å². The van der Waals surface area contributed by atoms with Gasteiger partial charge in [0.15, 0.2) is 6.07 Å². The van der Waals surface area contributed by atoms with E-state index in [1.54, 1.807) is 72.8 Å². The smallest absolute Gasteiger partial charge is 0.372 e. The fraction of sp³-hybridized carbons (Fsp3) is 0.200. The Kier molecular flexibility index (Phi) is 6.76. The maximum absolute atomic E-state index is 13.3. The molecular formula is C25H22ClNO3. The lowest BCUT2D eigenvalue weighted by Crippen LogP contribution is -2.39. The van der Waals surface area contributed by atoms with Crippen molar-refractivity contribution in [1.82, 2.24) is 0 Å². The summed E-state index contributed by atoms with van der Waals surface area (Å²) in [5.41, 5.74) is 1.20. The first-order valence-corrected chi connectivity index (χ1v) is 10.0. The quantitative estimate of drug-likeness (QED) is 0.344. The van der Waals surface area contributed by atoms with Crippen LogP contribution in [0.4, 0.5) is 0 Å². The number of nitrogens with zero attached hydrogens (tertiary/aromatic N) is 1. The molecule has 0 saturated carbocycles. The van der Waals surface area contributed by atoms with E-state index in [9.17, 15) is 10.1 Å². The second kappa shape index (κ2) is 9.47. The Morgan fingerprint density at radius 1 is 0.933 bits per heavy atom. The average molecular weight is 420 g/mol. The molecule has 152 valence electrons. The van der Waals surface area contributed by atoms with Crippen LogP contribution in [0.25, 0.3) is 0 Å². The molecule has 3 aromatic rings. The SMILES string of the molecule is CC(C)[C@H](C(=O)O[C@@](C#N)(Oc1ccccc1)c1ccccc1)c1ccc(Cl)cc1. The highest BCUT2D eigenvalue weighted by Crippen LogP contribution is 2.34. The second-order valence-electron chi connectivity index (χ2n) is 7.20. The molecule has 0 aromatic heterocycles. The Labute approximate surface area is 181 Å². The van der Waals surface area contributed by atoms with Gasteiger partial charge in [0.25, 0.3) is 0 Å². The minimum absolute atomic E-state index is 0.0671. The minimum atomic E-state index is -1.92. The van der Waals surface area contributed by atoms with Gasteiger partial charge in [0.1, 0.15) is 5.75 Å². The van der Waals surface area contributed by atoms with Gasteiger partial charge in [0.05, 0.1) is 11.5 Å². The summed E-state index contributed by atoms with van der Waals surface area (Å²) in [4.78, 5) is 13.3. The van der Waals surface area contributed by atoms with Crippen molar-refractivity contribution < 1.29 is 14.3 Å². The van der Waals surface area contributed by atoms with Gasteiger partial charge >= 0.3 is 11.8 Å². The predicted octanol–water partition coefficient (Wildman–Crippen LogP) is 6.08. The van der Waals surface area contributed by atoms with Gasteiger partial charge in [0, 0.05) is 5.02 Å². The van der Waals surface area contributed by atoms with Crippen LogP contribution in [0.3, 0.4) is 0 Å². The number of rotatable bonds is 7. The Morgan fingerprint density at radius 3 is 2.03 bits per heavy atom. The fourth-order valence-electron chi connectivity index (χ4n) is 3.23. The van der Waals surface area contributed by atoms with E-state index in [-0.39, 0.29) is 5.92 Å². The first-order valence-electron chi connectivity index (χ1n) is 9.64. The Hall–Kier alpha value is -3.29. The second-order valence-corrected chi connectivity index (χ2v) is 7.64. The van der Waals surface area contributed by atoms with Gasteiger partial charge in [-0.2, -0.15) is 5.26 Å². The molecule has 0 saturated heterocycles. The molecule has 0 aliphatic rings. The van der Waals surface area contributed by atoms with Crippen molar-refractivity contribution in [1.29, 1.82) is 5.26 Å². The number of ether oxygens (including phenoxy) is 2. The van der Waals surface area contributed by atoms with Gasteiger partial charge in [-0.05, 0) is 35.7 Å². The first kappa shape index (κ1) is 21.4. The predicted molar refractivity (Wildman–Crippen MR) is 116 cm³/mol. The maximum atomic E-state index is 13.3. The number of esters is 1. The van der Waals surface area contributed by atoms with Gasteiger partial charge < -0.3 is 9.47 Å². The van der Waals surface area contributed by atoms with E-state index in [1.807, 2.05) is 26.0 Å². The number of hydrogen-bond donors (Lipinski definition) is 0. The molecule has 0 unspecified atom stereocenters. The first-order chi connectivity index (χ1) is 14.4. The lowest BCUT2D eigenvalue weighted by molar-refractivity contribution is -0.186. The van der Waals surface area contributed by atoms with Crippen molar-refractivity contribution in [2.24, 2.45) is 5.92 Å². The topological polar surface area (TPSA) is 59.3 Å². The van der Waals surface area contributed by atoms with Gasteiger partial charge in [0.2, 0.25) is 0 Å². The molecule has 0 aliphatic carbocycles. The third-order valence-corrected chi connectivity index (χ3v) is 4.95. The van der Waals surface area contributed by atoms with Crippen molar-refractivity contribution in [2.75, 3.05) is 0 Å². The molecule has 30 heavy (non-hydrogen) atoms. The molecular weight excluding hydrogens is 398 g/mol. The highest BCUT2D eigenvalue weighted by Gasteiger charge is 2.42. The lowest BCUT2D eigenvalue weighted by Gasteiger charge is -2.30. The van der Waals surface area contributed by atoms with Crippen molar-refractivity contribution in [2.45, 2.75) is 25.6 Å². The van der Waals surface area contributed by atoms with E-state index >= 15 is 0 Å². The number of nitriles is 1. The molecule has 0 fully saturated rings. The van der Waals surface area contributed by atoms with Crippen LogP contribution in [-0.2, 0) is 15.3 Å². The number of benzene rings is 3. The normalized spacial score (nSPS) is 13.7. The molecule has 0 aliphatic heterocycles. The third kappa shape index (κ3) is 4.82. The zero-order valence-electron chi connectivity index (χ0n) is 16.8. The highest BCUT2D eigenvalue weighted by molar-refractivity contribution is 6.30. The maximum Gasteiger partial charge on any atom is 0.372 e. The van der Waals surface area contributed by atoms with Crippen molar-refractivity contribution >= 4 is 17.6 Å². The van der Waals surface area contributed by atoms with Gasteiger partial charge in [-0.1, -0.05) is 86.1 Å². The summed E-state index contributed by atoms with van der Waals surface area (Å²) in [5, 5.41) is 10.7. The lowest BCUT2D eigenvalue weighted by atomic mass is 9.88. The van der Waals surface area contributed by atoms with Crippen LogP contribution in [0.2, 0.25) is 5.02 Å². The van der Waals surface area contributed by atoms with Gasteiger partial charge in [-0.25, -0.2) is 0 Å². The summed E-state index contributed by atoms with van der Waals surface area (Å²) < 4.78 is 11.8. The van der Waals surface area contributed by atoms with E-state index in [0.29, 0.717) is 16.3 Å². The molecule has 0 bridgehead atoms. The van der Waals surface area contributed by atoms with E-state index in [2.05, 4.69) is 6.07 Å². The van der Waals surface area contributed by atoms with Crippen LogP contribution in [0.5, 0.6) is 5.75 Å². The van der Waals surface area contributed by atoms with Crippen molar-refractivity contribution in [3.05, 3.63) is 101 Å². The molecule has 2 atom stereocenters. The van der Waals surface area contributed by atoms with Crippen LogP contribution in [0.1, 0.15) is 30.9 Å². The standard InChI is InChI=1S/C25H22ClNO3/c1-18(2)23(19-13-15-21(26)16-14-19)24(28)30-25(17-27,20-9-5-3-6-10-20)29-22-11-7-4-8-12-22/h3-16,18,23H,1-2H3/t23-,25+/m0/s1. The Balaban J connectivity index is 2.00. The summed E-state index contributed by atoms with van der Waals surface area (Å²) in [5.74, 6) is -2.70. The van der Waals surface area contributed by atoms with E-state index in [0.717, 1.165) is 5.56 Å². The summed E-state index contributed by atoms with van der Waals surface area (Å²) in [6, 6.07) is 26.7. The number of halogens is 1. The van der Waals surface area contributed by atoms with Crippen LogP contribution >= 0.6 is 11.6 Å². The van der Waals surface area contributed by atoms with Crippen molar-refractivity contribution in [3.8, 4) is 11.8 Å². The molecule has 5 heteroatoms. The number of carbonyl (C=O) groups is 1. The molecule has 3 rings (SSSR count). The zero-order valence-corrected chi connectivity index (χ0v) is 17.5. The molecule has 0 heterocycles. The zero-order chi connectivity index (χ0) is 21.6. The largest absolute Gasteiger partial charge is 0.437 e. The fourth-order valence-corrected chi connectivity index (χ4v) is 3.36. The summed E-state index contributed by atoms with van der Waals surface area (Å²) in [6.45, 7) is 3.85. The van der Waals surface area contributed by atoms with Crippen LogP contribution < -0.4 is 4.74 Å². The van der Waals surface area contributed by atoms with E-state index in [4.69, 9.17) is 21.1 Å². The minimum Gasteiger partial charge on any atom is -0.437 e. The third-order valence-electron chi connectivity index (χ3n) is 4.70. The van der Waals surface area contributed by atoms with E-state index in [1.165, 1.54) is 0 Å². The molecule has 0 radical (unpaired) electrons.